The van der Waals surface area contributed by atoms with Gasteiger partial charge in [-0.15, -0.1) is 0 Å². The van der Waals surface area contributed by atoms with Crippen LogP contribution >= 0.6 is 11.8 Å². The molecule has 1 fully saturated rings. The van der Waals surface area contributed by atoms with Gasteiger partial charge >= 0.3 is 0 Å². The van der Waals surface area contributed by atoms with Crippen molar-refractivity contribution in [1.82, 2.24) is 5.32 Å². The molecule has 0 radical (unpaired) electrons. The second-order valence-electron chi connectivity index (χ2n) is 7.00. The fraction of sp³-hybridized carbons (Fsp3) is 0.273. The summed E-state index contributed by atoms with van der Waals surface area (Å²) in [6.07, 6.45) is 5.33. The number of carbonyl (C=O) groups excluding carboxylic acids is 2. The number of nitrogens with one attached hydrogen (secondary N) is 1. The Labute approximate surface area is 167 Å². The molecule has 2 amide bonds. The van der Waals surface area contributed by atoms with Gasteiger partial charge in [0.05, 0.1) is 5.69 Å². The van der Waals surface area contributed by atoms with E-state index in [-0.39, 0.29) is 17.4 Å². The first-order chi connectivity index (χ1) is 13.6. The van der Waals surface area contributed by atoms with Crippen molar-refractivity contribution in [3.05, 3.63) is 71.0 Å². The number of anilines is 1. The highest BCUT2D eigenvalue weighted by Gasteiger charge is 2.41. The van der Waals surface area contributed by atoms with Gasteiger partial charge < -0.3 is 5.32 Å². The smallest absolute Gasteiger partial charge is 0.282 e. The molecule has 1 N–H and O–H groups in total. The Morgan fingerprint density at radius 2 is 1.57 bits per heavy atom. The van der Waals surface area contributed by atoms with E-state index in [0.717, 1.165) is 35.5 Å². The van der Waals surface area contributed by atoms with Crippen LogP contribution in [0.5, 0.6) is 0 Å². The lowest BCUT2D eigenvalue weighted by Crippen LogP contribution is -2.37. The third kappa shape index (κ3) is 3.69. The van der Waals surface area contributed by atoms with Crippen molar-refractivity contribution in [2.45, 2.75) is 43.0 Å². The van der Waals surface area contributed by atoms with Crippen molar-refractivity contribution in [3.8, 4) is 0 Å². The van der Waals surface area contributed by atoms with E-state index < -0.39 is 17.6 Å². The molecule has 0 unspecified atom stereocenters. The van der Waals surface area contributed by atoms with Crippen LogP contribution in [-0.2, 0) is 9.59 Å². The number of rotatable bonds is 5. The van der Waals surface area contributed by atoms with Crippen molar-refractivity contribution in [2.24, 2.45) is 0 Å². The van der Waals surface area contributed by atoms with E-state index in [1.165, 1.54) is 36.4 Å². The zero-order chi connectivity index (χ0) is 19.5. The third-order valence-electron chi connectivity index (χ3n) is 5.05. The number of imide groups is 1. The van der Waals surface area contributed by atoms with Gasteiger partial charge in [-0.05, 0) is 37.1 Å². The van der Waals surface area contributed by atoms with Crippen LogP contribution in [0.25, 0.3) is 0 Å². The maximum atomic E-state index is 14.3. The SMILES string of the molecule is O=C1C(NC2CCCCC2)=C(Sc2ccccc2)C(=O)N1c1ccccc1F. The molecule has 4 nitrogen and oxygen atoms in total. The fourth-order valence-corrected chi connectivity index (χ4v) is 4.60. The number of hydrogen-bond donors (Lipinski definition) is 1. The first kappa shape index (κ1) is 18.7. The molecule has 6 heteroatoms. The molecule has 0 aromatic heterocycles. The molecule has 0 atom stereocenters. The van der Waals surface area contributed by atoms with Crippen LogP contribution in [0.3, 0.4) is 0 Å². The van der Waals surface area contributed by atoms with Crippen LogP contribution in [0.4, 0.5) is 10.1 Å². The average Bonchev–Trinajstić information content (AvgIpc) is 2.94. The molecule has 2 aliphatic rings. The van der Waals surface area contributed by atoms with Gasteiger partial charge in [-0.25, -0.2) is 9.29 Å². The van der Waals surface area contributed by atoms with E-state index in [2.05, 4.69) is 5.32 Å². The molecule has 1 aliphatic carbocycles. The summed E-state index contributed by atoms with van der Waals surface area (Å²) in [5, 5.41) is 3.31. The molecule has 0 spiro atoms. The Morgan fingerprint density at radius 3 is 2.29 bits per heavy atom. The third-order valence-corrected chi connectivity index (χ3v) is 6.14. The van der Waals surface area contributed by atoms with Gasteiger partial charge in [0.25, 0.3) is 11.8 Å². The molecule has 2 aromatic carbocycles. The summed E-state index contributed by atoms with van der Waals surface area (Å²) in [4.78, 5) is 28.4. The Balaban J connectivity index is 1.70. The predicted molar refractivity (Wildman–Crippen MR) is 108 cm³/mol. The first-order valence-electron chi connectivity index (χ1n) is 9.52. The summed E-state index contributed by atoms with van der Waals surface area (Å²) in [5.74, 6) is -1.56. The number of halogens is 1. The highest BCUT2D eigenvalue weighted by molar-refractivity contribution is 8.04. The van der Waals surface area contributed by atoms with Crippen molar-refractivity contribution in [3.63, 3.8) is 0 Å². The van der Waals surface area contributed by atoms with Gasteiger partial charge in [-0.2, -0.15) is 0 Å². The van der Waals surface area contributed by atoms with Crippen LogP contribution in [-0.4, -0.2) is 17.9 Å². The molecular formula is C22H21FN2O2S. The number of thioether (sulfide) groups is 1. The highest BCUT2D eigenvalue weighted by Crippen LogP contribution is 2.37. The maximum absolute atomic E-state index is 14.3. The monoisotopic (exact) mass is 396 g/mol. The van der Waals surface area contributed by atoms with Gasteiger partial charge in [0, 0.05) is 10.9 Å². The molecule has 28 heavy (non-hydrogen) atoms. The Bertz CT molecular complexity index is 923. The second kappa shape index (κ2) is 8.19. The number of amides is 2. The molecular weight excluding hydrogens is 375 g/mol. The summed E-state index contributed by atoms with van der Waals surface area (Å²) < 4.78 is 14.3. The quantitative estimate of drug-likeness (QED) is 0.749. The standard InChI is InChI=1S/C22H21FN2O2S/c23-17-13-7-8-14-18(17)25-21(26)19(24-15-9-3-1-4-10-15)20(22(25)27)28-16-11-5-2-6-12-16/h2,5-8,11-15,24H,1,3-4,9-10H2. The Kier molecular flexibility index (Phi) is 5.48. The van der Waals surface area contributed by atoms with Crippen LogP contribution in [0.2, 0.25) is 0 Å². The molecule has 1 aliphatic heterocycles. The zero-order valence-corrected chi connectivity index (χ0v) is 16.2. The van der Waals surface area contributed by atoms with Crippen molar-refractivity contribution in [2.75, 3.05) is 4.90 Å². The first-order valence-corrected chi connectivity index (χ1v) is 10.3. The van der Waals surface area contributed by atoms with Gasteiger partial charge in [-0.1, -0.05) is 61.4 Å². The summed E-state index contributed by atoms with van der Waals surface area (Å²) in [7, 11) is 0. The molecule has 1 saturated carbocycles. The van der Waals surface area contributed by atoms with Crippen LogP contribution in [0.1, 0.15) is 32.1 Å². The number of benzene rings is 2. The van der Waals surface area contributed by atoms with Crippen molar-refractivity contribution in [1.29, 1.82) is 0 Å². The largest absolute Gasteiger partial charge is 0.377 e. The molecule has 4 rings (SSSR count). The highest BCUT2D eigenvalue weighted by atomic mass is 32.2. The molecule has 0 bridgehead atoms. The fourth-order valence-electron chi connectivity index (χ4n) is 3.64. The van der Waals surface area contributed by atoms with Crippen LogP contribution < -0.4 is 10.2 Å². The molecule has 144 valence electrons. The van der Waals surface area contributed by atoms with E-state index >= 15 is 0 Å². The Morgan fingerprint density at radius 1 is 0.893 bits per heavy atom. The number of nitrogens with zero attached hydrogens (tertiary/aromatic N) is 1. The predicted octanol–water partition coefficient (Wildman–Crippen LogP) is 4.63. The molecule has 1 heterocycles. The summed E-state index contributed by atoms with van der Waals surface area (Å²) in [5.41, 5.74) is 0.276. The number of carbonyl (C=O) groups is 2. The van der Waals surface area contributed by atoms with Gasteiger partial charge in [0.1, 0.15) is 16.4 Å². The lowest BCUT2D eigenvalue weighted by Gasteiger charge is -2.24. The van der Waals surface area contributed by atoms with Crippen LogP contribution in [0.15, 0.2) is 70.1 Å². The molecule has 2 aromatic rings. The average molecular weight is 396 g/mol. The summed E-state index contributed by atoms with van der Waals surface area (Å²) in [6.45, 7) is 0. The second-order valence-corrected chi connectivity index (χ2v) is 8.08. The topological polar surface area (TPSA) is 49.4 Å². The Hall–Kier alpha value is -2.60. The van der Waals surface area contributed by atoms with E-state index in [1.54, 1.807) is 6.07 Å². The zero-order valence-electron chi connectivity index (χ0n) is 15.4. The van der Waals surface area contributed by atoms with E-state index in [9.17, 15) is 14.0 Å². The normalized spacial score (nSPS) is 18.1. The number of para-hydroxylation sites is 1. The minimum Gasteiger partial charge on any atom is -0.377 e. The van der Waals surface area contributed by atoms with Crippen molar-refractivity contribution >= 4 is 29.3 Å². The van der Waals surface area contributed by atoms with Crippen LogP contribution in [0, 0.1) is 5.82 Å². The lowest BCUT2D eigenvalue weighted by molar-refractivity contribution is -0.120. The van der Waals surface area contributed by atoms with Crippen molar-refractivity contribution < 1.29 is 14.0 Å². The molecule has 0 saturated heterocycles. The minimum atomic E-state index is -0.591. The van der Waals surface area contributed by atoms with E-state index in [1.807, 2.05) is 30.3 Å². The van der Waals surface area contributed by atoms with E-state index in [4.69, 9.17) is 0 Å². The van der Waals surface area contributed by atoms with Gasteiger partial charge in [0.15, 0.2) is 0 Å². The maximum Gasteiger partial charge on any atom is 0.282 e. The summed E-state index contributed by atoms with van der Waals surface area (Å²) >= 11 is 1.25. The van der Waals surface area contributed by atoms with E-state index in [0.29, 0.717) is 4.91 Å². The van der Waals surface area contributed by atoms with Gasteiger partial charge in [0.2, 0.25) is 0 Å². The van der Waals surface area contributed by atoms with Gasteiger partial charge in [-0.3, -0.25) is 9.59 Å². The summed E-state index contributed by atoms with van der Waals surface area (Å²) in [6, 6.07) is 15.5. The number of hydrogen-bond acceptors (Lipinski definition) is 4. The minimum absolute atomic E-state index is 0.0101. The lowest BCUT2D eigenvalue weighted by atomic mass is 9.95.